The number of carbonyl (C=O) groups excluding carboxylic acids is 3. The summed E-state index contributed by atoms with van der Waals surface area (Å²) in [5.74, 6) is -1.05. The summed E-state index contributed by atoms with van der Waals surface area (Å²) in [6.45, 7) is 6.06. The summed E-state index contributed by atoms with van der Waals surface area (Å²) in [5.41, 5.74) is 4.92. The van der Waals surface area contributed by atoms with Gasteiger partial charge in [-0.15, -0.1) is 0 Å². The molecular weight excluding hydrogens is 533 g/mol. The van der Waals surface area contributed by atoms with Crippen molar-refractivity contribution < 1.29 is 28.4 Å². The van der Waals surface area contributed by atoms with Crippen molar-refractivity contribution in [2.45, 2.75) is 38.5 Å². The molecule has 0 bridgehead atoms. The van der Waals surface area contributed by atoms with Gasteiger partial charge >= 0.3 is 235 Å². The van der Waals surface area contributed by atoms with E-state index in [0.29, 0.717) is 12.2 Å². The Hall–Kier alpha value is -3.65. The van der Waals surface area contributed by atoms with Gasteiger partial charge in [-0.2, -0.15) is 0 Å². The first-order valence-electron chi connectivity index (χ1n) is 13.3. The molecule has 3 atom stereocenters. The van der Waals surface area contributed by atoms with E-state index in [-0.39, 0.29) is 44.1 Å². The van der Waals surface area contributed by atoms with Crippen LogP contribution >= 0.6 is 7.92 Å². The van der Waals surface area contributed by atoms with Gasteiger partial charge in [-0.3, -0.25) is 0 Å². The second-order valence-corrected chi connectivity index (χ2v) is 10.1. The van der Waals surface area contributed by atoms with Crippen molar-refractivity contribution in [3.63, 3.8) is 0 Å². The zero-order valence-electron chi connectivity index (χ0n) is 22.9. The Bertz CT molecular complexity index is 1340. The number of benzene rings is 1. The third-order valence-corrected chi connectivity index (χ3v) is 7.46. The average Bonchev–Trinajstić information content (AvgIpc) is 3.46. The zero-order chi connectivity index (χ0) is 28.6. The predicted molar refractivity (Wildman–Crippen MR) is 150 cm³/mol. The molecule has 2 aromatic rings. The number of amides is 3. The van der Waals surface area contributed by atoms with Crippen LogP contribution in [0.4, 0.5) is 10.5 Å². The van der Waals surface area contributed by atoms with Gasteiger partial charge in [-0.1, -0.05) is 0 Å². The molecule has 0 radical (unpaired) electrons. The van der Waals surface area contributed by atoms with Gasteiger partial charge in [0.25, 0.3) is 0 Å². The number of nitrogens with zero attached hydrogens (tertiary/aromatic N) is 4. The van der Waals surface area contributed by atoms with Crippen LogP contribution in [0.25, 0.3) is 11.3 Å². The van der Waals surface area contributed by atoms with Gasteiger partial charge in [-0.25, -0.2) is 0 Å². The second-order valence-electron chi connectivity index (χ2n) is 9.71. The predicted octanol–water partition coefficient (Wildman–Crippen LogP) is 3.01. The maximum atomic E-state index is 13.5. The van der Waals surface area contributed by atoms with E-state index >= 15 is 0 Å². The molecule has 0 saturated carbocycles. The summed E-state index contributed by atoms with van der Waals surface area (Å²) in [7, 11) is 1.17. The summed E-state index contributed by atoms with van der Waals surface area (Å²) >= 11 is 0. The summed E-state index contributed by atoms with van der Waals surface area (Å²) in [5, 5.41) is 2.66. The topological polar surface area (TPSA) is 121 Å². The molecule has 1 aromatic heterocycles. The van der Waals surface area contributed by atoms with Crippen LogP contribution < -0.4 is 10.2 Å². The number of aromatic nitrogens is 1. The number of carbonyl (C=O) groups is 3. The van der Waals surface area contributed by atoms with Crippen LogP contribution in [-0.4, -0.2) is 97.3 Å². The molecule has 0 aliphatic carbocycles. The number of anilines is 1. The first-order valence-corrected chi connectivity index (χ1v) is 14.1. The van der Waals surface area contributed by atoms with E-state index in [0.717, 1.165) is 24.2 Å². The minimum absolute atomic E-state index is 0.0965. The van der Waals surface area contributed by atoms with Gasteiger partial charge in [0.05, 0.1) is 0 Å². The van der Waals surface area contributed by atoms with Crippen LogP contribution in [0.1, 0.15) is 30.8 Å². The van der Waals surface area contributed by atoms with E-state index in [1.54, 1.807) is 31.9 Å². The molecule has 212 valence electrons. The van der Waals surface area contributed by atoms with Crippen molar-refractivity contribution in [1.29, 1.82) is 0 Å². The van der Waals surface area contributed by atoms with Crippen LogP contribution in [0.5, 0.6) is 0 Å². The Labute approximate surface area is 234 Å². The Kier molecular flexibility index (Phi) is 9.98. The summed E-state index contributed by atoms with van der Waals surface area (Å²) in [6, 6.07) is 11.5. The SMILES string of the molecule is CCOC(=O)N1CCN(C(=O)[C@H](C#P=O)NC(=O)c2cc(N3CCC(OC)C3)cc(-c3ccccc3)n2)C(C)C1. The van der Waals surface area contributed by atoms with Crippen molar-refractivity contribution in [2.75, 3.05) is 51.3 Å². The van der Waals surface area contributed by atoms with E-state index < -0.39 is 31.9 Å². The molecule has 3 heterocycles. The van der Waals surface area contributed by atoms with Crippen LogP contribution in [0.15, 0.2) is 42.5 Å². The molecule has 2 unspecified atom stereocenters. The van der Waals surface area contributed by atoms with Gasteiger partial charge in [-0.05, 0) is 0 Å². The molecule has 12 heteroatoms. The Morgan fingerprint density at radius 2 is 1.93 bits per heavy atom. The minimum atomic E-state index is -1.27. The third kappa shape index (κ3) is 6.91. The van der Waals surface area contributed by atoms with Gasteiger partial charge < -0.3 is 0 Å². The Morgan fingerprint density at radius 1 is 1.15 bits per heavy atom. The molecule has 40 heavy (non-hydrogen) atoms. The molecule has 1 N–H and O–H groups in total. The number of hydrogen-bond acceptors (Lipinski definition) is 8. The number of hydrogen-bond donors (Lipinski definition) is 1. The van der Waals surface area contributed by atoms with Crippen molar-refractivity contribution in [3.8, 4) is 16.9 Å². The number of piperazine rings is 1. The van der Waals surface area contributed by atoms with Crippen LogP contribution in [0, 0.1) is 5.63 Å². The number of rotatable bonds is 7. The van der Waals surface area contributed by atoms with Crippen molar-refractivity contribution in [1.82, 2.24) is 20.1 Å². The number of methoxy groups -OCH3 is 1. The third-order valence-electron chi connectivity index (χ3n) is 7.10. The molecule has 2 fully saturated rings. The molecule has 2 saturated heterocycles. The maximum absolute atomic E-state index is 13.5. The molecule has 4 rings (SSSR count). The molecule has 2 aliphatic heterocycles. The molecule has 2 aliphatic rings. The zero-order valence-corrected chi connectivity index (χ0v) is 23.8. The summed E-state index contributed by atoms with van der Waals surface area (Å²) in [6.07, 6.45) is 0.530. The number of nitrogens with one attached hydrogen (secondary N) is 1. The molecule has 11 nitrogen and oxygen atoms in total. The monoisotopic (exact) mass is 567 g/mol. The fourth-order valence-corrected chi connectivity index (χ4v) is 5.25. The standard InChI is InChI=1S/C28H34N5O6P/c1-4-39-28(36)32-12-13-33(19(2)16-32)27(35)25(18-40-37)30-26(34)24-15-21(31-11-10-22(17-31)38-3)14-23(29-24)20-8-6-5-7-9-20/h5-9,14-15,19,22,25H,4,10-13,16-17H2,1-3H3,(H,30,34)/t19?,22?,25-/m0/s1. The average molecular weight is 568 g/mol. The first kappa shape index (κ1) is 29.3. The second kappa shape index (κ2) is 13.6. The summed E-state index contributed by atoms with van der Waals surface area (Å²) in [4.78, 5) is 48.9. The van der Waals surface area contributed by atoms with Crippen molar-refractivity contribution >= 4 is 31.5 Å². The normalized spacial score (nSPS) is 19.5. The Balaban J connectivity index is 1.55. The van der Waals surface area contributed by atoms with Crippen LogP contribution in [0.2, 0.25) is 0 Å². The van der Waals surface area contributed by atoms with Gasteiger partial charge in [0.1, 0.15) is 0 Å². The van der Waals surface area contributed by atoms with Gasteiger partial charge in [0.2, 0.25) is 0 Å². The molecule has 3 amide bonds. The van der Waals surface area contributed by atoms with Crippen molar-refractivity contribution in [2.24, 2.45) is 0 Å². The van der Waals surface area contributed by atoms with Gasteiger partial charge in [0, 0.05) is 0 Å². The fraction of sp³-hybridized carbons (Fsp3) is 0.464. The summed E-state index contributed by atoms with van der Waals surface area (Å²) < 4.78 is 22.1. The van der Waals surface area contributed by atoms with E-state index in [2.05, 4.69) is 20.8 Å². The fourth-order valence-electron chi connectivity index (χ4n) is 4.97. The first-order chi connectivity index (χ1) is 19.3. The Morgan fingerprint density at radius 3 is 2.58 bits per heavy atom. The quantitative estimate of drug-likeness (QED) is 0.507. The van der Waals surface area contributed by atoms with E-state index in [1.165, 1.54) is 4.90 Å². The molecule has 1 aromatic carbocycles. The van der Waals surface area contributed by atoms with Gasteiger partial charge in [0.15, 0.2) is 0 Å². The molecular formula is C28H34N5O6P. The van der Waals surface area contributed by atoms with E-state index in [1.807, 2.05) is 36.4 Å². The van der Waals surface area contributed by atoms with Crippen LogP contribution in [0.3, 0.4) is 0 Å². The number of ether oxygens (including phenoxy) is 2. The van der Waals surface area contributed by atoms with E-state index in [9.17, 15) is 18.9 Å². The van der Waals surface area contributed by atoms with Crippen LogP contribution in [-0.2, 0) is 18.8 Å². The number of pyridine rings is 1. The van der Waals surface area contributed by atoms with Crippen molar-refractivity contribution in [3.05, 3.63) is 48.2 Å². The van der Waals surface area contributed by atoms with E-state index in [4.69, 9.17) is 9.47 Å². The molecule has 0 spiro atoms.